The van der Waals surface area contributed by atoms with E-state index in [1.165, 1.54) is 18.2 Å². The minimum absolute atomic E-state index is 0.272. The third kappa shape index (κ3) is 5.33. The molecule has 1 rings (SSSR count). The van der Waals surface area contributed by atoms with Gasteiger partial charge in [-0.05, 0) is 18.6 Å². The predicted molar refractivity (Wildman–Crippen MR) is 69.9 cm³/mol. The van der Waals surface area contributed by atoms with Crippen LogP contribution in [0.25, 0.3) is 6.08 Å². The van der Waals surface area contributed by atoms with E-state index in [1.54, 1.807) is 25.1 Å². The highest BCUT2D eigenvalue weighted by Crippen LogP contribution is 2.07. The highest BCUT2D eigenvalue weighted by atomic mass is 19.1. The lowest BCUT2D eigenvalue weighted by molar-refractivity contribution is -0.141. The molecule has 4 nitrogen and oxygen atoms in total. The zero-order valence-corrected chi connectivity index (χ0v) is 10.6. The molecule has 0 saturated heterocycles. The number of carboxylic acid groups (broad SMARTS) is 1. The molecule has 5 heteroatoms. The highest BCUT2D eigenvalue weighted by Gasteiger charge is 2.10. The number of benzene rings is 1. The fourth-order valence-electron chi connectivity index (χ4n) is 1.37. The third-order valence-corrected chi connectivity index (χ3v) is 2.62. The maximum absolute atomic E-state index is 13.2. The molecule has 0 aromatic heterocycles. The van der Waals surface area contributed by atoms with Crippen LogP contribution in [0.2, 0.25) is 0 Å². The van der Waals surface area contributed by atoms with Crippen LogP contribution in [0.1, 0.15) is 18.9 Å². The molecular weight excluding hydrogens is 249 g/mol. The summed E-state index contributed by atoms with van der Waals surface area (Å²) < 4.78 is 13.2. The number of hydrogen-bond donors (Lipinski definition) is 2. The predicted octanol–water partition coefficient (Wildman–Crippen LogP) is 2.07. The lowest BCUT2D eigenvalue weighted by Gasteiger charge is -2.05. The number of nitrogens with one attached hydrogen (secondary N) is 1. The summed E-state index contributed by atoms with van der Waals surface area (Å²) in [5, 5.41) is 11.2. The van der Waals surface area contributed by atoms with Gasteiger partial charge in [0.25, 0.3) is 0 Å². The van der Waals surface area contributed by atoms with Crippen molar-refractivity contribution in [2.45, 2.75) is 13.3 Å². The second-order valence-electron chi connectivity index (χ2n) is 4.17. The van der Waals surface area contributed by atoms with Gasteiger partial charge in [-0.25, -0.2) is 4.39 Å². The van der Waals surface area contributed by atoms with Crippen LogP contribution in [0.3, 0.4) is 0 Å². The van der Waals surface area contributed by atoms with Gasteiger partial charge in [0.05, 0.1) is 5.92 Å². The Labute approximate surface area is 110 Å². The van der Waals surface area contributed by atoms with E-state index in [-0.39, 0.29) is 12.5 Å². The Morgan fingerprint density at radius 3 is 2.74 bits per heavy atom. The number of aliphatic carboxylic acids is 1. The van der Waals surface area contributed by atoms with E-state index in [4.69, 9.17) is 5.11 Å². The Bertz CT molecular complexity index is 485. The Morgan fingerprint density at radius 2 is 2.11 bits per heavy atom. The van der Waals surface area contributed by atoms with Crippen molar-refractivity contribution in [2.75, 3.05) is 6.54 Å². The van der Waals surface area contributed by atoms with Gasteiger partial charge in [-0.3, -0.25) is 9.59 Å². The van der Waals surface area contributed by atoms with Gasteiger partial charge < -0.3 is 10.4 Å². The van der Waals surface area contributed by atoms with Crippen LogP contribution in [0.5, 0.6) is 0 Å². The minimum Gasteiger partial charge on any atom is -0.481 e. The number of carbonyl (C=O) groups is 2. The first kappa shape index (κ1) is 14.9. The van der Waals surface area contributed by atoms with Gasteiger partial charge in [-0.2, -0.15) is 0 Å². The van der Waals surface area contributed by atoms with E-state index in [1.807, 2.05) is 0 Å². The molecule has 0 heterocycles. The van der Waals surface area contributed by atoms with Gasteiger partial charge in [-0.1, -0.05) is 25.1 Å². The number of carbonyl (C=O) groups excluding carboxylic acids is 1. The molecule has 0 radical (unpaired) electrons. The number of rotatable bonds is 6. The molecule has 19 heavy (non-hydrogen) atoms. The molecule has 0 aliphatic carbocycles. The van der Waals surface area contributed by atoms with Crippen molar-refractivity contribution in [3.05, 3.63) is 41.7 Å². The number of amides is 1. The lowest BCUT2D eigenvalue weighted by Crippen LogP contribution is -2.25. The monoisotopic (exact) mass is 265 g/mol. The molecule has 0 aliphatic rings. The van der Waals surface area contributed by atoms with Crippen LogP contribution in [0, 0.1) is 11.7 Å². The summed E-state index contributed by atoms with van der Waals surface area (Å²) in [5.41, 5.74) is 0.330. The van der Waals surface area contributed by atoms with Crippen molar-refractivity contribution in [3.63, 3.8) is 0 Å². The van der Waals surface area contributed by atoms with Gasteiger partial charge >= 0.3 is 5.97 Å². The Balaban J connectivity index is 2.40. The summed E-state index contributed by atoms with van der Waals surface area (Å²) in [5.74, 6) is -2.17. The first-order valence-corrected chi connectivity index (χ1v) is 5.94. The molecule has 1 unspecified atom stereocenters. The summed E-state index contributed by atoms with van der Waals surface area (Å²) in [4.78, 5) is 22.0. The number of hydrogen-bond acceptors (Lipinski definition) is 2. The molecule has 0 aliphatic heterocycles. The topological polar surface area (TPSA) is 66.4 Å². The van der Waals surface area contributed by atoms with Crippen molar-refractivity contribution in [3.8, 4) is 0 Å². The smallest absolute Gasteiger partial charge is 0.306 e. The quantitative estimate of drug-likeness (QED) is 0.774. The third-order valence-electron chi connectivity index (χ3n) is 2.62. The van der Waals surface area contributed by atoms with Gasteiger partial charge in [0.2, 0.25) is 5.91 Å². The van der Waals surface area contributed by atoms with Crippen LogP contribution in [0.15, 0.2) is 30.3 Å². The zero-order valence-electron chi connectivity index (χ0n) is 10.6. The second kappa shape index (κ2) is 7.31. The fraction of sp³-hybridized carbons (Fsp3) is 0.286. The van der Waals surface area contributed by atoms with Crippen molar-refractivity contribution >= 4 is 18.0 Å². The average Bonchev–Trinajstić information content (AvgIpc) is 2.37. The lowest BCUT2D eigenvalue weighted by atomic mass is 10.1. The second-order valence-corrected chi connectivity index (χ2v) is 4.17. The zero-order chi connectivity index (χ0) is 14.3. The molecule has 1 atom stereocenters. The van der Waals surface area contributed by atoms with Crippen molar-refractivity contribution in [1.82, 2.24) is 5.32 Å². The molecule has 0 saturated carbocycles. The minimum atomic E-state index is -0.892. The van der Waals surface area contributed by atoms with Crippen molar-refractivity contribution in [1.29, 1.82) is 0 Å². The van der Waals surface area contributed by atoms with Crippen molar-refractivity contribution in [2.24, 2.45) is 5.92 Å². The molecule has 1 amide bonds. The SMILES string of the molecule is CC(CCNC(=O)/C=C/c1ccccc1F)C(=O)O. The van der Waals surface area contributed by atoms with Gasteiger partial charge in [0.1, 0.15) is 5.82 Å². The number of halogens is 1. The Kier molecular flexibility index (Phi) is 5.73. The number of carboxylic acids is 1. The molecule has 1 aromatic rings. The molecule has 0 fully saturated rings. The van der Waals surface area contributed by atoms with E-state index in [9.17, 15) is 14.0 Å². The average molecular weight is 265 g/mol. The Morgan fingerprint density at radius 1 is 1.42 bits per heavy atom. The molecule has 102 valence electrons. The summed E-state index contributed by atoms with van der Waals surface area (Å²) in [7, 11) is 0. The molecular formula is C14H16FNO3. The summed E-state index contributed by atoms with van der Waals surface area (Å²) in [6, 6.07) is 6.12. The van der Waals surface area contributed by atoms with Crippen LogP contribution in [0.4, 0.5) is 4.39 Å². The van der Waals surface area contributed by atoms with E-state index < -0.39 is 17.7 Å². The molecule has 0 spiro atoms. The van der Waals surface area contributed by atoms with Gasteiger partial charge in [0, 0.05) is 18.2 Å². The fourth-order valence-corrected chi connectivity index (χ4v) is 1.37. The summed E-state index contributed by atoms with van der Waals surface area (Å²) in [6.45, 7) is 1.84. The van der Waals surface area contributed by atoms with Gasteiger partial charge in [-0.15, -0.1) is 0 Å². The highest BCUT2D eigenvalue weighted by molar-refractivity contribution is 5.91. The Hall–Kier alpha value is -2.17. The van der Waals surface area contributed by atoms with Gasteiger partial charge in [0.15, 0.2) is 0 Å². The van der Waals surface area contributed by atoms with Crippen LogP contribution >= 0.6 is 0 Å². The first-order chi connectivity index (χ1) is 9.00. The molecule has 1 aromatic carbocycles. The molecule has 0 bridgehead atoms. The normalized spacial score (nSPS) is 12.3. The standard InChI is InChI=1S/C14H16FNO3/c1-10(14(18)19)8-9-16-13(17)7-6-11-4-2-3-5-12(11)15/h2-7,10H,8-9H2,1H3,(H,16,17)(H,18,19)/b7-6+. The maximum Gasteiger partial charge on any atom is 0.306 e. The van der Waals surface area contributed by atoms with E-state index in [0.717, 1.165) is 0 Å². The van der Waals surface area contributed by atoms with Crippen LogP contribution in [-0.4, -0.2) is 23.5 Å². The van der Waals surface area contributed by atoms with Crippen LogP contribution in [-0.2, 0) is 9.59 Å². The largest absolute Gasteiger partial charge is 0.481 e. The van der Waals surface area contributed by atoms with Crippen molar-refractivity contribution < 1.29 is 19.1 Å². The maximum atomic E-state index is 13.2. The van der Waals surface area contributed by atoms with E-state index >= 15 is 0 Å². The van der Waals surface area contributed by atoms with E-state index in [0.29, 0.717) is 12.0 Å². The van der Waals surface area contributed by atoms with Crippen LogP contribution < -0.4 is 5.32 Å². The van der Waals surface area contributed by atoms with E-state index in [2.05, 4.69) is 5.32 Å². The first-order valence-electron chi connectivity index (χ1n) is 5.94. The summed E-state index contributed by atoms with van der Waals surface area (Å²) in [6.07, 6.45) is 2.96. The molecule has 2 N–H and O–H groups in total. The summed E-state index contributed by atoms with van der Waals surface area (Å²) >= 11 is 0.